The number of methoxy groups -OCH3 is 2. The van der Waals surface area contributed by atoms with E-state index in [-0.39, 0.29) is 5.75 Å². The SMILES string of the molecule is COc1ccc(/C=C/C=C/CCCS(=O)(=O)O)cc1OC. The third-order valence-corrected chi connectivity index (χ3v) is 3.52. The van der Waals surface area contributed by atoms with Crippen LogP contribution < -0.4 is 9.47 Å². The largest absolute Gasteiger partial charge is 0.493 e. The quantitative estimate of drug-likeness (QED) is 0.454. The van der Waals surface area contributed by atoms with Gasteiger partial charge < -0.3 is 9.47 Å². The van der Waals surface area contributed by atoms with E-state index < -0.39 is 10.1 Å². The minimum Gasteiger partial charge on any atom is -0.493 e. The molecular formula is C15H20O5S. The Bertz CT molecular complexity index is 602. The summed E-state index contributed by atoms with van der Waals surface area (Å²) >= 11 is 0. The Kier molecular flexibility index (Phi) is 6.98. The minimum absolute atomic E-state index is 0.212. The molecule has 1 aromatic rings. The molecule has 0 aliphatic heterocycles. The van der Waals surface area contributed by atoms with Crippen LogP contribution in [0.1, 0.15) is 18.4 Å². The van der Waals surface area contributed by atoms with Gasteiger partial charge in [-0.1, -0.05) is 30.4 Å². The topological polar surface area (TPSA) is 72.8 Å². The van der Waals surface area contributed by atoms with E-state index in [1.54, 1.807) is 14.2 Å². The van der Waals surface area contributed by atoms with Crippen molar-refractivity contribution in [1.82, 2.24) is 0 Å². The van der Waals surface area contributed by atoms with Gasteiger partial charge in [-0.25, -0.2) is 0 Å². The van der Waals surface area contributed by atoms with Gasteiger partial charge in [0.2, 0.25) is 0 Å². The van der Waals surface area contributed by atoms with Crippen LogP contribution in [0.4, 0.5) is 0 Å². The molecule has 0 aromatic heterocycles. The van der Waals surface area contributed by atoms with Crippen LogP contribution in [0.2, 0.25) is 0 Å². The lowest BCUT2D eigenvalue weighted by molar-refractivity contribution is 0.355. The summed E-state index contributed by atoms with van der Waals surface area (Å²) in [6.07, 6.45) is 8.44. The van der Waals surface area contributed by atoms with E-state index in [1.807, 2.05) is 42.5 Å². The molecule has 1 rings (SSSR count). The van der Waals surface area contributed by atoms with Crippen LogP contribution in [-0.4, -0.2) is 32.9 Å². The lowest BCUT2D eigenvalue weighted by Crippen LogP contribution is -2.02. The zero-order valence-electron chi connectivity index (χ0n) is 12.2. The molecule has 5 nitrogen and oxygen atoms in total. The molecule has 0 amide bonds. The van der Waals surface area contributed by atoms with Gasteiger partial charge in [-0.15, -0.1) is 0 Å². The Morgan fingerprint density at radius 3 is 2.48 bits per heavy atom. The number of ether oxygens (including phenoxy) is 2. The van der Waals surface area contributed by atoms with E-state index in [1.165, 1.54) is 0 Å². The fraction of sp³-hybridized carbons (Fsp3) is 0.333. The summed E-state index contributed by atoms with van der Waals surface area (Å²) in [6.45, 7) is 0. The molecule has 0 bridgehead atoms. The van der Waals surface area contributed by atoms with E-state index >= 15 is 0 Å². The Morgan fingerprint density at radius 1 is 1.14 bits per heavy atom. The third-order valence-electron chi connectivity index (χ3n) is 2.72. The highest BCUT2D eigenvalue weighted by Crippen LogP contribution is 2.27. The Morgan fingerprint density at radius 2 is 1.86 bits per heavy atom. The normalized spacial score (nSPS) is 12.1. The highest BCUT2D eigenvalue weighted by atomic mass is 32.2. The second kappa shape index (κ2) is 8.49. The van der Waals surface area contributed by atoms with Crippen molar-refractivity contribution in [2.75, 3.05) is 20.0 Å². The molecule has 0 heterocycles. The Labute approximate surface area is 125 Å². The second-order valence-electron chi connectivity index (χ2n) is 4.33. The predicted octanol–water partition coefficient (Wildman–Crippen LogP) is 2.94. The van der Waals surface area contributed by atoms with Gasteiger partial charge in [0.05, 0.1) is 20.0 Å². The number of hydrogen-bond acceptors (Lipinski definition) is 4. The van der Waals surface area contributed by atoms with Crippen LogP contribution in [0, 0.1) is 0 Å². The molecule has 0 saturated carbocycles. The van der Waals surface area contributed by atoms with Crippen molar-refractivity contribution in [2.45, 2.75) is 12.8 Å². The molecular weight excluding hydrogens is 292 g/mol. The maximum Gasteiger partial charge on any atom is 0.264 e. The van der Waals surface area contributed by atoms with Gasteiger partial charge in [-0.05, 0) is 30.5 Å². The van der Waals surface area contributed by atoms with Gasteiger partial charge in [-0.2, -0.15) is 8.42 Å². The maximum atomic E-state index is 10.5. The molecule has 6 heteroatoms. The molecule has 21 heavy (non-hydrogen) atoms. The summed E-state index contributed by atoms with van der Waals surface area (Å²) in [7, 11) is -0.682. The van der Waals surface area contributed by atoms with Crippen molar-refractivity contribution in [3.05, 3.63) is 42.0 Å². The molecule has 0 radical (unpaired) electrons. The number of unbranched alkanes of at least 4 members (excludes halogenated alkanes) is 1. The smallest absolute Gasteiger partial charge is 0.264 e. The van der Waals surface area contributed by atoms with Crippen LogP contribution in [-0.2, 0) is 10.1 Å². The Hall–Kier alpha value is -1.79. The standard InChI is InChI=1S/C15H20O5S/c1-19-14-10-9-13(12-15(14)20-2)8-6-4-3-5-7-11-21(16,17)18/h3-4,6,8-10,12H,5,7,11H2,1-2H3,(H,16,17,18)/b4-3+,8-6+. The van der Waals surface area contributed by atoms with E-state index in [0.29, 0.717) is 24.3 Å². The van der Waals surface area contributed by atoms with Crippen LogP contribution in [0.5, 0.6) is 11.5 Å². The summed E-state index contributed by atoms with van der Waals surface area (Å²) in [5.41, 5.74) is 0.968. The fourth-order valence-electron chi connectivity index (χ4n) is 1.68. The first-order chi connectivity index (χ1) is 9.96. The average molecular weight is 312 g/mol. The minimum atomic E-state index is -3.85. The van der Waals surface area contributed by atoms with E-state index in [2.05, 4.69) is 0 Å². The summed E-state index contributed by atoms with van der Waals surface area (Å²) in [5.74, 6) is 1.13. The first-order valence-corrected chi connectivity index (χ1v) is 8.07. The predicted molar refractivity (Wildman–Crippen MR) is 83.4 cm³/mol. The number of rotatable bonds is 8. The molecule has 0 aliphatic rings. The fourth-order valence-corrected chi connectivity index (χ4v) is 2.21. The molecule has 0 fully saturated rings. The molecule has 0 aliphatic carbocycles. The lowest BCUT2D eigenvalue weighted by atomic mass is 10.2. The number of allylic oxidation sites excluding steroid dienone is 3. The molecule has 0 saturated heterocycles. The zero-order chi connectivity index (χ0) is 15.7. The number of hydrogen-bond donors (Lipinski definition) is 1. The zero-order valence-corrected chi connectivity index (χ0v) is 13.0. The highest BCUT2D eigenvalue weighted by Gasteiger charge is 2.02. The highest BCUT2D eigenvalue weighted by molar-refractivity contribution is 7.85. The lowest BCUT2D eigenvalue weighted by Gasteiger charge is -2.07. The van der Waals surface area contributed by atoms with Crippen LogP contribution in [0.3, 0.4) is 0 Å². The van der Waals surface area contributed by atoms with Crippen LogP contribution >= 0.6 is 0 Å². The third kappa shape index (κ3) is 6.97. The average Bonchev–Trinajstić information content (AvgIpc) is 2.44. The molecule has 0 atom stereocenters. The van der Waals surface area contributed by atoms with E-state index in [4.69, 9.17) is 14.0 Å². The van der Waals surface area contributed by atoms with Crippen LogP contribution in [0.15, 0.2) is 36.4 Å². The van der Waals surface area contributed by atoms with E-state index in [0.717, 1.165) is 5.56 Å². The van der Waals surface area contributed by atoms with Gasteiger partial charge in [0.25, 0.3) is 10.1 Å². The van der Waals surface area contributed by atoms with Crippen molar-refractivity contribution in [2.24, 2.45) is 0 Å². The van der Waals surface area contributed by atoms with Gasteiger partial charge in [0.15, 0.2) is 11.5 Å². The maximum absolute atomic E-state index is 10.5. The number of benzene rings is 1. The molecule has 1 aromatic carbocycles. The van der Waals surface area contributed by atoms with Crippen molar-refractivity contribution in [1.29, 1.82) is 0 Å². The summed E-state index contributed by atoms with van der Waals surface area (Å²) in [5, 5.41) is 0. The van der Waals surface area contributed by atoms with Gasteiger partial charge in [-0.3, -0.25) is 4.55 Å². The molecule has 0 spiro atoms. The summed E-state index contributed by atoms with van der Waals surface area (Å²) in [4.78, 5) is 0. The Balaban J connectivity index is 2.50. The molecule has 1 N–H and O–H groups in total. The van der Waals surface area contributed by atoms with Gasteiger partial charge in [0.1, 0.15) is 0 Å². The first-order valence-electron chi connectivity index (χ1n) is 6.46. The van der Waals surface area contributed by atoms with Crippen LogP contribution in [0.25, 0.3) is 6.08 Å². The monoisotopic (exact) mass is 312 g/mol. The van der Waals surface area contributed by atoms with Crippen molar-refractivity contribution >= 4 is 16.2 Å². The molecule has 0 unspecified atom stereocenters. The first kappa shape index (κ1) is 17.3. The van der Waals surface area contributed by atoms with Gasteiger partial charge in [0, 0.05) is 0 Å². The molecule has 116 valence electrons. The van der Waals surface area contributed by atoms with E-state index in [9.17, 15) is 8.42 Å². The van der Waals surface area contributed by atoms with Gasteiger partial charge >= 0.3 is 0 Å². The van der Waals surface area contributed by atoms with Crippen molar-refractivity contribution < 1.29 is 22.4 Å². The van der Waals surface area contributed by atoms with Crippen molar-refractivity contribution in [3.63, 3.8) is 0 Å². The summed E-state index contributed by atoms with van der Waals surface area (Å²) in [6, 6.07) is 5.60. The van der Waals surface area contributed by atoms with Crippen molar-refractivity contribution in [3.8, 4) is 11.5 Å². The second-order valence-corrected chi connectivity index (χ2v) is 5.90. The summed E-state index contributed by atoms with van der Waals surface area (Å²) < 4.78 is 40.0.